The Hall–Kier alpha value is -2.94. The first kappa shape index (κ1) is 21.4. The van der Waals surface area contributed by atoms with Gasteiger partial charge in [0.2, 0.25) is 0 Å². The number of carbonyl (C=O) groups is 1. The molecule has 0 bridgehead atoms. The molecule has 6 heteroatoms. The molecule has 2 aromatic carbocycles. The van der Waals surface area contributed by atoms with Gasteiger partial charge in [0, 0.05) is 12.1 Å². The highest BCUT2D eigenvalue weighted by Crippen LogP contribution is 2.28. The van der Waals surface area contributed by atoms with Crippen LogP contribution in [0.15, 0.2) is 42.5 Å². The van der Waals surface area contributed by atoms with Crippen molar-refractivity contribution in [3.8, 4) is 11.8 Å². The van der Waals surface area contributed by atoms with Crippen molar-refractivity contribution in [2.75, 3.05) is 0 Å². The molecule has 0 aliphatic heterocycles. The Morgan fingerprint density at radius 2 is 1.93 bits per heavy atom. The van der Waals surface area contributed by atoms with E-state index in [-0.39, 0.29) is 23.1 Å². The van der Waals surface area contributed by atoms with Crippen LogP contribution in [0.5, 0.6) is 5.75 Å². The van der Waals surface area contributed by atoms with E-state index in [9.17, 15) is 13.6 Å². The molecule has 0 heterocycles. The maximum absolute atomic E-state index is 13.2. The van der Waals surface area contributed by atoms with Gasteiger partial charge in [-0.05, 0) is 48.6 Å². The quantitative estimate of drug-likeness (QED) is 0.701. The number of ether oxygens (including phenoxy) is 1. The molecule has 4 nitrogen and oxygen atoms in total. The number of nitrogens with zero attached hydrogens (tertiary/aromatic N) is 1. The van der Waals surface area contributed by atoms with E-state index in [1.807, 2.05) is 45.0 Å². The van der Waals surface area contributed by atoms with Crippen LogP contribution in [0.3, 0.4) is 0 Å². The van der Waals surface area contributed by atoms with E-state index < -0.39 is 18.1 Å². The Morgan fingerprint density at radius 3 is 2.54 bits per heavy atom. The van der Waals surface area contributed by atoms with Gasteiger partial charge in [0.05, 0.1) is 11.6 Å². The highest BCUT2D eigenvalue weighted by Gasteiger charge is 2.23. The average molecular weight is 386 g/mol. The standard InChI is InChI=1S/C22H24F2N2O2/c1-14(2)10-20(22(27)26-13-17-7-5-4-6-15(17)3)28-18-9-8-16(12-25)19(11-18)21(23)24/h4-9,11,14,20-21H,10,13H2,1-3H3,(H,26,27). The molecule has 0 aromatic heterocycles. The van der Waals surface area contributed by atoms with E-state index in [0.717, 1.165) is 17.2 Å². The molecule has 0 saturated carbocycles. The SMILES string of the molecule is Cc1ccccc1CNC(=O)C(CC(C)C)Oc1ccc(C#N)c(C(F)F)c1. The van der Waals surface area contributed by atoms with E-state index in [1.165, 1.54) is 12.1 Å². The molecular formula is C22H24F2N2O2. The molecule has 1 N–H and O–H groups in total. The number of nitrogens with one attached hydrogen (secondary N) is 1. The molecule has 0 spiro atoms. The Kier molecular flexibility index (Phi) is 7.51. The zero-order valence-electron chi connectivity index (χ0n) is 16.2. The number of alkyl halides is 2. The van der Waals surface area contributed by atoms with Gasteiger partial charge in [-0.3, -0.25) is 4.79 Å². The van der Waals surface area contributed by atoms with Crippen molar-refractivity contribution in [1.29, 1.82) is 5.26 Å². The number of benzene rings is 2. The molecule has 2 aromatic rings. The Balaban J connectivity index is 2.15. The number of halogens is 2. The van der Waals surface area contributed by atoms with Gasteiger partial charge >= 0.3 is 0 Å². The molecule has 0 aliphatic carbocycles. The predicted molar refractivity (Wildman–Crippen MR) is 103 cm³/mol. The minimum absolute atomic E-state index is 0.105. The second-order valence-electron chi connectivity index (χ2n) is 7.04. The largest absolute Gasteiger partial charge is 0.481 e. The number of rotatable bonds is 8. The second-order valence-corrected chi connectivity index (χ2v) is 7.04. The highest BCUT2D eigenvalue weighted by atomic mass is 19.3. The van der Waals surface area contributed by atoms with Crippen LogP contribution < -0.4 is 10.1 Å². The van der Waals surface area contributed by atoms with Crippen molar-refractivity contribution in [3.63, 3.8) is 0 Å². The van der Waals surface area contributed by atoms with Crippen molar-refractivity contribution < 1.29 is 18.3 Å². The number of carbonyl (C=O) groups excluding carboxylic acids is 1. The third kappa shape index (κ3) is 5.78. The maximum Gasteiger partial charge on any atom is 0.265 e. The first-order chi connectivity index (χ1) is 13.3. The summed E-state index contributed by atoms with van der Waals surface area (Å²) in [5.41, 5.74) is 1.56. The summed E-state index contributed by atoms with van der Waals surface area (Å²) >= 11 is 0. The van der Waals surface area contributed by atoms with Crippen LogP contribution >= 0.6 is 0 Å². The highest BCUT2D eigenvalue weighted by molar-refractivity contribution is 5.81. The lowest BCUT2D eigenvalue weighted by molar-refractivity contribution is -0.128. The minimum atomic E-state index is -2.79. The number of hydrogen-bond acceptors (Lipinski definition) is 3. The van der Waals surface area contributed by atoms with Crippen LogP contribution in [0.25, 0.3) is 0 Å². The fraction of sp³-hybridized carbons (Fsp3) is 0.364. The van der Waals surface area contributed by atoms with Crippen LogP contribution in [0, 0.1) is 24.2 Å². The molecule has 148 valence electrons. The summed E-state index contributed by atoms with van der Waals surface area (Å²) in [7, 11) is 0. The van der Waals surface area contributed by atoms with Gasteiger partial charge in [0.25, 0.3) is 12.3 Å². The van der Waals surface area contributed by atoms with Crippen molar-refractivity contribution in [2.45, 2.75) is 46.3 Å². The van der Waals surface area contributed by atoms with Gasteiger partial charge in [0.15, 0.2) is 6.10 Å². The number of hydrogen-bond donors (Lipinski definition) is 1. The fourth-order valence-electron chi connectivity index (χ4n) is 2.80. The lowest BCUT2D eigenvalue weighted by atomic mass is 10.0. The van der Waals surface area contributed by atoms with Crippen molar-refractivity contribution in [1.82, 2.24) is 5.32 Å². The molecular weight excluding hydrogens is 362 g/mol. The molecule has 1 amide bonds. The third-order valence-electron chi connectivity index (χ3n) is 4.35. The number of nitriles is 1. The van der Waals surface area contributed by atoms with Crippen LogP contribution in [0.4, 0.5) is 8.78 Å². The minimum Gasteiger partial charge on any atom is -0.481 e. The van der Waals surface area contributed by atoms with Crippen molar-refractivity contribution in [3.05, 3.63) is 64.7 Å². The van der Waals surface area contributed by atoms with Crippen LogP contribution in [-0.2, 0) is 11.3 Å². The summed E-state index contributed by atoms with van der Waals surface area (Å²) in [6, 6.07) is 13.3. The van der Waals surface area contributed by atoms with Crippen molar-refractivity contribution in [2.24, 2.45) is 5.92 Å². The van der Waals surface area contributed by atoms with Crippen molar-refractivity contribution >= 4 is 5.91 Å². The zero-order valence-corrected chi connectivity index (χ0v) is 16.2. The Morgan fingerprint density at radius 1 is 1.21 bits per heavy atom. The molecule has 0 saturated heterocycles. The normalized spacial score (nSPS) is 11.9. The van der Waals surface area contributed by atoms with Gasteiger partial charge in [-0.2, -0.15) is 5.26 Å². The molecule has 1 unspecified atom stereocenters. The van der Waals surface area contributed by atoms with E-state index in [0.29, 0.717) is 13.0 Å². The summed E-state index contributed by atoms with van der Waals surface area (Å²) in [5.74, 6) is 0.00747. The summed E-state index contributed by atoms with van der Waals surface area (Å²) in [5, 5.41) is 11.8. The second kappa shape index (κ2) is 9.84. The zero-order chi connectivity index (χ0) is 20.7. The molecule has 1 atom stereocenters. The van der Waals surface area contributed by atoms with Crippen LogP contribution in [0.1, 0.15) is 48.9 Å². The summed E-state index contributed by atoms with van der Waals surface area (Å²) in [6.07, 6.45) is -3.18. The Labute approximate surface area is 164 Å². The predicted octanol–water partition coefficient (Wildman–Crippen LogP) is 4.91. The Bertz CT molecular complexity index is 860. The van der Waals surface area contributed by atoms with Gasteiger partial charge in [-0.25, -0.2) is 8.78 Å². The first-order valence-corrected chi connectivity index (χ1v) is 9.13. The maximum atomic E-state index is 13.2. The van der Waals surface area contributed by atoms with Crippen LogP contribution in [-0.4, -0.2) is 12.0 Å². The third-order valence-corrected chi connectivity index (χ3v) is 4.35. The smallest absolute Gasteiger partial charge is 0.265 e. The molecule has 0 fully saturated rings. The van der Waals surface area contributed by atoms with Crippen LogP contribution in [0.2, 0.25) is 0 Å². The van der Waals surface area contributed by atoms with Gasteiger partial charge in [-0.15, -0.1) is 0 Å². The summed E-state index contributed by atoms with van der Waals surface area (Å²) in [4.78, 5) is 12.7. The summed E-state index contributed by atoms with van der Waals surface area (Å²) in [6.45, 7) is 6.23. The van der Waals surface area contributed by atoms with E-state index in [1.54, 1.807) is 6.07 Å². The number of aryl methyl sites for hydroxylation is 1. The number of amides is 1. The van der Waals surface area contributed by atoms with E-state index >= 15 is 0 Å². The molecule has 28 heavy (non-hydrogen) atoms. The molecule has 2 rings (SSSR count). The topological polar surface area (TPSA) is 62.1 Å². The average Bonchev–Trinajstić information content (AvgIpc) is 2.66. The lowest BCUT2D eigenvalue weighted by Crippen LogP contribution is -2.39. The van der Waals surface area contributed by atoms with Gasteiger partial charge < -0.3 is 10.1 Å². The first-order valence-electron chi connectivity index (χ1n) is 9.13. The fourth-order valence-corrected chi connectivity index (χ4v) is 2.80. The monoisotopic (exact) mass is 386 g/mol. The summed E-state index contributed by atoms with van der Waals surface area (Å²) < 4.78 is 32.1. The van der Waals surface area contributed by atoms with E-state index in [2.05, 4.69) is 5.32 Å². The van der Waals surface area contributed by atoms with E-state index in [4.69, 9.17) is 10.00 Å². The lowest BCUT2D eigenvalue weighted by Gasteiger charge is -2.21. The molecule has 0 aliphatic rings. The van der Waals surface area contributed by atoms with Gasteiger partial charge in [0.1, 0.15) is 5.75 Å². The molecule has 0 radical (unpaired) electrons. The van der Waals surface area contributed by atoms with Gasteiger partial charge in [-0.1, -0.05) is 38.1 Å².